The highest BCUT2D eigenvalue weighted by Crippen LogP contribution is 2.33. The van der Waals surface area contributed by atoms with Crippen molar-refractivity contribution in [3.8, 4) is 6.07 Å². The number of sulfone groups is 1. The Morgan fingerprint density at radius 1 is 1.18 bits per heavy atom. The lowest BCUT2D eigenvalue weighted by Crippen LogP contribution is -2.39. The number of rotatable bonds is 6. The second-order valence-electron chi connectivity index (χ2n) is 7.40. The summed E-state index contributed by atoms with van der Waals surface area (Å²) in [6.07, 6.45) is 3.23. The number of nitrogens with zero attached hydrogens (tertiary/aromatic N) is 2. The number of amides is 1. The number of ether oxygens (including phenoxy) is 1. The van der Waals surface area contributed by atoms with Crippen molar-refractivity contribution in [1.82, 2.24) is 5.32 Å². The highest BCUT2D eigenvalue weighted by Gasteiger charge is 2.34. The third-order valence-electron chi connectivity index (χ3n) is 5.59. The van der Waals surface area contributed by atoms with Gasteiger partial charge in [-0.1, -0.05) is 12.8 Å². The quantitative estimate of drug-likeness (QED) is 0.724. The van der Waals surface area contributed by atoms with Crippen LogP contribution < -0.4 is 10.2 Å². The van der Waals surface area contributed by atoms with E-state index in [0.717, 1.165) is 38.0 Å². The Hall–Kier alpha value is -2.11. The average molecular weight is 406 g/mol. The number of carbonyl (C=O) groups excluding carboxylic acids is 1. The monoisotopic (exact) mass is 405 g/mol. The minimum atomic E-state index is -3.48. The molecule has 1 saturated heterocycles. The summed E-state index contributed by atoms with van der Waals surface area (Å²) in [5.41, 5.74) is 0.994. The van der Waals surface area contributed by atoms with E-state index in [1.54, 1.807) is 12.1 Å². The Morgan fingerprint density at radius 2 is 1.86 bits per heavy atom. The van der Waals surface area contributed by atoms with Crippen LogP contribution in [-0.4, -0.2) is 52.9 Å². The van der Waals surface area contributed by atoms with E-state index in [1.807, 2.05) is 18.2 Å². The average Bonchev–Trinajstić information content (AvgIpc) is 2.73. The van der Waals surface area contributed by atoms with Gasteiger partial charge in [0.15, 0.2) is 9.84 Å². The lowest BCUT2D eigenvalue weighted by Gasteiger charge is -2.30. The van der Waals surface area contributed by atoms with Gasteiger partial charge in [-0.05, 0) is 43.0 Å². The number of hydrogen-bond acceptors (Lipinski definition) is 6. The van der Waals surface area contributed by atoms with Gasteiger partial charge >= 0.3 is 0 Å². The van der Waals surface area contributed by atoms with Crippen LogP contribution in [0.15, 0.2) is 29.2 Å². The molecule has 1 aliphatic heterocycles. The Morgan fingerprint density at radius 3 is 2.54 bits per heavy atom. The van der Waals surface area contributed by atoms with Gasteiger partial charge in [0.1, 0.15) is 6.54 Å². The lowest BCUT2D eigenvalue weighted by molar-refractivity contribution is -0.127. The molecule has 8 heteroatoms. The molecule has 0 bridgehead atoms. The molecule has 1 aromatic carbocycles. The topological polar surface area (TPSA) is 99.5 Å². The second kappa shape index (κ2) is 9.39. The smallest absolute Gasteiger partial charge is 0.224 e. The van der Waals surface area contributed by atoms with Crippen LogP contribution in [0.4, 0.5) is 5.69 Å². The standard InChI is InChI=1S/C20H27N3O4S/c21-9-10-22-20(24)19-4-2-1-3-16(19)15-28(25,26)18-7-5-17(6-8-18)23-11-13-27-14-12-23/h5-8,16,19H,1-4,10-15H2,(H,22,24). The van der Waals surface area contributed by atoms with Gasteiger partial charge in [0.05, 0.1) is 29.9 Å². The van der Waals surface area contributed by atoms with Gasteiger partial charge < -0.3 is 15.0 Å². The molecule has 1 saturated carbocycles. The molecule has 2 aliphatic rings. The van der Waals surface area contributed by atoms with Crippen LogP contribution in [-0.2, 0) is 19.4 Å². The van der Waals surface area contributed by atoms with Gasteiger partial charge in [0.2, 0.25) is 5.91 Å². The van der Waals surface area contributed by atoms with Crippen LogP contribution in [0.1, 0.15) is 25.7 Å². The van der Waals surface area contributed by atoms with Crippen molar-refractivity contribution in [1.29, 1.82) is 5.26 Å². The largest absolute Gasteiger partial charge is 0.378 e. The molecular weight excluding hydrogens is 378 g/mol. The molecule has 1 amide bonds. The molecule has 0 spiro atoms. The normalized spacial score (nSPS) is 23.0. The van der Waals surface area contributed by atoms with Crippen LogP contribution in [0.2, 0.25) is 0 Å². The van der Waals surface area contributed by atoms with Crippen LogP contribution in [0, 0.1) is 23.2 Å². The van der Waals surface area contributed by atoms with E-state index in [2.05, 4.69) is 10.2 Å². The first-order valence-corrected chi connectivity index (χ1v) is 11.5. The fourth-order valence-electron chi connectivity index (χ4n) is 4.07. The highest BCUT2D eigenvalue weighted by molar-refractivity contribution is 7.91. The van der Waals surface area contributed by atoms with E-state index >= 15 is 0 Å². The molecule has 0 radical (unpaired) electrons. The van der Waals surface area contributed by atoms with Crippen LogP contribution in [0.3, 0.4) is 0 Å². The fraction of sp³-hybridized carbons (Fsp3) is 0.600. The molecule has 2 unspecified atom stereocenters. The summed E-state index contributed by atoms with van der Waals surface area (Å²) >= 11 is 0. The molecule has 1 aliphatic carbocycles. The van der Waals surface area contributed by atoms with E-state index in [1.165, 1.54) is 0 Å². The molecule has 1 heterocycles. The number of morpholine rings is 1. The zero-order valence-electron chi connectivity index (χ0n) is 16.0. The predicted octanol–water partition coefficient (Wildman–Crippen LogP) is 1.74. The van der Waals surface area contributed by atoms with E-state index in [0.29, 0.717) is 24.5 Å². The number of benzene rings is 1. The summed E-state index contributed by atoms with van der Waals surface area (Å²) in [4.78, 5) is 14.8. The fourth-order valence-corrected chi connectivity index (χ4v) is 5.78. The minimum Gasteiger partial charge on any atom is -0.378 e. The molecular formula is C20H27N3O4S. The summed E-state index contributed by atoms with van der Waals surface area (Å²) in [6.45, 7) is 2.91. The maximum atomic E-state index is 13.0. The van der Waals surface area contributed by atoms with Crippen molar-refractivity contribution in [3.63, 3.8) is 0 Å². The molecule has 1 aromatic rings. The van der Waals surface area contributed by atoms with Gasteiger partial charge in [-0.15, -0.1) is 0 Å². The van der Waals surface area contributed by atoms with Gasteiger partial charge in [0.25, 0.3) is 0 Å². The SMILES string of the molecule is N#CCNC(=O)C1CCCCC1CS(=O)(=O)c1ccc(N2CCOCC2)cc1. The zero-order chi connectivity index (χ0) is 20.0. The van der Waals surface area contributed by atoms with Gasteiger partial charge in [-0.2, -0.15) is 5.26 Å². The lowest BCUT2D eigenvalue weighted by atomic mass is 9.80. The minimum absolute atomic E-state index is 0.0332. The van der Waals surface area contributed by atoms with Crippen molar-refractivity contribution in [3.05, 3.63) is 24.3 Å². The number of hydrogen-bond donors (Lipinski definition) is 1. The third kappa shape index (κ3) is 5.03. The Kier molecular flexibility index (Phi) is 6.92. The molecule has 0 aromatic heterocycles. The summed E-state index contributed by atoms with van der Waals surface area (Å²) < 4.78 is 31.3. The van der Waals surface area contributed by atoms with Crippen molar-refractivity contribution < 1.29 is 17.9 Å². The Balaban J connectivity index is 1.69. The van der Waals surface area contributed by atoms with Gasteiger partial charge in [-0.25, -0.2) is 8.42 Å². The summed E-state index contributed by atoms with van der Waals surface area (Å²) in [5, 5.41) is 11.3. The van der Waals surface area contributed by atoms with E-state index in [9.17, 15) is 13.2 Å². The maximum absolute atomic E-state index is 13.0. The number of carbonyl (C=O) groups is 1. The number of anilines is 1. The third-order valence-corrected chi connectivity index (χ3v) is 7.45. The Bertz CT molecular complexity index is 811. The first-order valence-electron chi connectivity index (χ1n) is 9.81. The van der Waals surface area contributed by atoms with Gasteiger partial charge in [0, 0.05) is 24.7 Å². The zero-order valence-corrected chi connectivity index (χ0v) is 16.8. The molecule has 2 atom stereocenters. The van der Waals surface area contributed by atoms with E-state index < -0.39 is 9.84 Å². The molecule has 28 heavy (non-hydrogen) atoms. The number of nitriles is 1. The summed E-state index contributed by atoms with van der Waals surface area (Å²) in [7, 11) is -3.48. The Labute approximate surface area is 166 Å². The van der Waals surface area contributed by atoms with E-state index in [-0.39, 0.29) is 30.0 Å². The highest BCUT2D eigenvalue weighted by atomic mass is 32.2. The number of nitrogens with one attached hydrogen (secondary N) is 1. The first kappa shape index (κ1) is 20.6. The molecule has 1 N–H and O–H groups in total. The van der Waals surface area contributed by atoms with Crippen molar-refractivity contribution in [2.45, 2.75) is 30.6 Å². The van der Waals surface area contributed by atoms with Crippen molar-refractivity contribution >= 4 is 21.4 Å². The maximum Gasteiger partial charge on any atom is 0.224 e. The summed E-state index contributed by atoms with van der Waals surface area (Å²) in [6, 6.07) is 8.90. The van der Waals surface area contributed by atoms with Crippen LogP contribution in [0.5, 0.6) is 0 Å². The molecule has 3 rings (SSSR count). The van der Waals surface area contributed by atoms with E-state index in [4.69, 9.17) is 10.00 Å². The molecule has 7 nitrogen and oxygen atoms in total. The predicted molar refractivity (Wildman–Crippen MR) is 106 cm³/mol. The second-order valence-corrected chi connectivity index (χ2v) is 9.44. The van der Waals surface area contributed by atoms with Crippen molar-refractivity contribution in [2.24, 2.45) is 11.8 Å². The first-order chi connectivity index (χ1) is 13.5. The van der Waals surface area contributed by atoms with Crippen LogP contribution in [0.25, 0.3) is 0 Å². The van der Waals surface area contributed by atoms with Crippen molar-refractivity contribution in [2.75, 3.05) is 43.5 Å². The van der Waals surface area contributed by atoms with Gasteiger partial charge in [-0.3, -0.25) is 4.79 Å². The molecule has 152 valence electrons. The summed E-state index contributed by atoms with van der Waals surface area (Å²) in [5.74, 6) is -0.792. The van der Waals surface area contributed by atoms with Crippen LogP contribution >= 0.6 is 0 Å². The molecule has 2 fully saturated rings.